The Morgan fingerprint density at radius 3 is 2.74 bits per heavy atom. The third-order valence-corrected chi connectivity index (χ3v) is 3.96. The Morgan fingerprint density at radius 1 is 1.37 bits per heavy atom. The number of hydrogen-bond donors (Lipinski definition) is 4. The first-order valence-corrected chi connectivity index (χ1v) is 7.47. The molecule has 0 aromatic carbocycles. The first-order chi connectivity index (χ1) is 9.02. The van der Waals surface area contributed by atoms with Crippen molar-refractivity contribution in [2.24, 2.45) is 5.73 Å². The summed E-state index contributed by atoms with van der Waals surface area (Å²) in [6, 6.07) is 0.127. The van der Waals surface area contributed by atoms with Crippen LogP contribution in [0.15, 0.2) is 0 Å². The summed E-state index contributed by atoms with van der Waals surface area (Å²) in [5.74, 6) is 0. The van der Waals surface area contributed by atoms with Gasteiger partial charge in [0, 0.05) is 6.04 Å². The van der Waals surface area contributed by atoms with E-state index in [9.17, 15) is 10.2 Å². The Bertz CT molecular complexity index is 241. The Labute approximate surface area is 116 Å². The molecular weight excluding hydrogens is 244 g/mol. The highest BCUT2D eigenvalue weighted by Crippen LogP contribution is 2.22. The lowest BCUT2D eigenvalue weighted by atomic mass is 9.95. The molecule has 0 amide bonds. The van der Waals surface area contributed by atoms with Gasteiger partial charge in [-0.3, -0.25) is 0 Å². The van der Waals surface area contributed by atoms with Crippen LogP contribution < -0.4 is 11.1 Å². The van der Waals surface area contributed by atoms with E-state index in [1.54, 1.807) is 0 Å². The van der Waals surface area contributed by atoms with Crippen molar-refractivity contribution in [1.29, 1.82) is 0 Å². The third-order valence-electron chi connectivity index (χ3n) is 3.96. The number of aliphatic hydroxyl groups is 2. The van der Waals surface area contributed by atoms with Crippen molar-refractivity contribution in [2.75, 3.05) is 7.05 Å². The number of nitrogens with two attached hydrogens (primary N) is 1. The van der Waals surface area contributed by atoms with E-state index in [-0.39, 0.29) is 18.2 Å². The van der Waals surface area contributed by atoms with Gasteiger partial charge in [0.05, 0.1) is 18.2 Å². The van der Waals surface area contributed by atoms with Gasteiger partial charge in [0.15, 0.2) is 6.29 Å². The molecule has 5 nitrogen and oxygen atoms in total. The lowest BCUT2D eigenvalue weighted by Crippen LogP contribution is -2.41. The summed E-state index contributed by atoms with van der Waals surface area (Å²) in [6.45, 7) is 2.13. The molecule has 0 unspecified atom stereocenters. The summed E-state index contributed by atoms with van der Waals surface area (Å²) in [7, 11) is 1.94. The molecule has 1 saturated carbocycles. The molecule has 0 aromatic rings. The standard InChI is InChI=1S/C14H30N2O3/c1-10(16-2)5-3-8-13(15)14(18)19-12-7-4-6-11(17)9-12/h10-14,16-18H,3-9,15H2,1-2H3/t10-,11+,12-,13-,14-/m1/s1. The van der Waals surface area contributed by atoms with Crippen LogP contribution in [0, 0.1) is 0 Å². The predicted molar refractivity (Wildman–Crippen MR) is 75.7 cm³/mol. The predicted octanol–water partition coefficient (Wildman–Crippen LogP) is 0.730. The number of ether oxygens (including phenoxy) is 1. The summed E-state index contributed by atoms with van der Waals surface area (Å²) in [4.78, 5) is 0. The highest BCUT2D eigenvalue weighted by Gasteiger charge is 2.25. The maximum absolute atomic E-state index is 9.93. The lowest BCUT2D eigenvalue weighted by Gasteiger charge is -2.30. The molecule has 0 bridgehead atoms. The first-order valence-electron chi connectivity index (χ1n) is 7.47. The van der Waals surface area contributed by atoms with Gasteiger partial charge in [0.25, 0.3) is 0 Å². The van der Waals surface area contributed by atoms with Gasteiger partial charge in [-0.2, -0.15) is 0 Å². The van der Waals surface area contributed by atoms with Crippen LogP contribution in [0.2, 0.25) is 0 Å². The topological polar surface area (TPSA) is 87.7 Å². The normalized spacial score (nSPS) is 28.9. The highest BCUT2D eigenvalue weighted by atomic mass is 16.6. The van der Waals surface area contributed by atoms with E-state index < -0.39 is 6.29 Å². The Kier molecular flexibility index (Phi) is 7.87. The molecule has 0 aromatic heterocycles. The summed E-state index contributed by atoms with van der Waals surface area (Å²) < 4.78 is 5.56. The number of nitrogens with one attached hydrogen (secondary N) is 1. The van der Waals surface area contributed by atoms with Crippen molar-refractivity contribution in [3.8, 4) is 0 Å². The lowest BCUT2D eigenvalue weighted by molar-refractivity contribution is -0.163. The fraction of sp³-hybridized carbons (Fsp3) is 1.00. The fourth-order valence-corrected chi connectivity index (χ4v) is 2.49. The molecule has 1 aliphatic rings. The van der Waals surface area contributed by atoms with Gasteiger partial charge in [-0.15, -0.1) is 0 Å². The molecule has 5 heteroatoms. The Hall–Kier alpha value is -0.200. The molecule has 5 atom stereocenters. The second-order valence-corrected chi connectivity index (χ2v) is 5.75. The molecule has 0 radical (unpaired) electrons. The van der Waals surface area contributed by atoms with Gasteiger partial charge in [-0.05, 0) is 52.5 Å². The van der Waals surface area contributed by atoms with Gasteiger partial charge in [0.1, 0.15) is 0 Å². The summed E-state index contributed by atoms with van der Waals surface area (Å²) in [6.07, 6.45) is 4.80. The van der Waals surface area contributed by atoms with Crippen LogP contribution in [0.5, 0.6) is 0 Å². The third kappa shape index (κ3) is 6.68. The van der Waals surface area contributed by atoms with Crippen molar-refractivity contribution < 1.29 is 14.9 Å². The van der Waals surface area contributed by atoms with Crippen molar-refractivity contribution in [3.05, 3.63) is 0 Å². The van der Waals surface area contributed by atoms with Gasteiger partial charge >= 0.3 is 0 Å². The van der Waals surface area contributed by atoms with Crippen molar-refractivity contribution in [2.45, 2.75) is 82.5 Å². The molecule has 0 heterocycles. The quantitative estimate of drug-likeness (QED) is 0.490. The van der Waals surface area contributed by atoms with Crippen LogP contribution in [-0.2, 0) is 4.74 Å². The van der Waals surface area contributed by atoms with Gasteiger partial charge in [-0.1, -0.05) is 6.42 Å². The Balaban J connectivity index is 2.18. The maximum Gasteiger partial charge on any atom is 0.170 e. The molecule has 1 fully saturated rings. The minimum atomic E-state index is -0.916. The zero-order valence-electron chi connectivity index (χ0n) is 12.2. The Morgan fingerprint density at radius 2 is 2.11 bits per heavy atom. The van der Waals surface area contributed by atoms with E-state index in [4.69, 9.17) is 10.5 Å². The van der Waals surface area contributed by atoms with Crippen LogP contribution in [0.1, 0.15) is 51.9 Å². The van der Waals surface area contributed by atoms with E-state index >= 15 is 0 Å². The summed E-state index contributed by atoms with van der Waals surface area (Å²) in [5.41, 5.74) is 5.94. The average Bonchev–Trinajstić information content (AvgIpc) is 2.38. The molecular formula is C14H30N2O3. The van der Waals surface area contributed by atoms with Crippen LogP contribution in [-0.4, -0.2) is 47.8 Å². The van der Waals surface area contributed by atoms with E-state index in [2.05, 4.69) is 12.2 Å². The minimum absolute atomic E-state index is 0.0546. The molecule has 0 saturated heterocycles. The second-order valence-electron chi connectivity index (χ2n) is 5.75. The van der Waals surface area contributed by atoms with Gasteiger partial charge in [0.2, 0.25) is 0 Å². The zero-order valence-corrected chi connectivity index (χ0v) is 12.2. The van der Waals surface area contributed by atoms with Crippen LogP contribution in [0.25, 0.3) is 0 Å². The second kappa shape index (κ2) is 8.87. The number of aliphatic hydroxyl groups excluding tert-OH is 2. The monoisotopic (exact) mass is 274 g/mol. The number of hydrogen-bond acceptors (Lipinski definition) is 5. The zero-order chi connectivity index (χ0) is 14.3. The van der Waals surface area contributed by atoms with E-state index in [0.717, 1.165) is 38.5 Å². The van der Waals surface area contributed by atoms with Gasteiger partial charge < -0.3 is 26.0 Å². The average molecular weight is 274 g/mol. The first kappa shape index (κ1) is 16.9. The molecule has 0 spiro atoms. The molecule has 1 aliphatic carbocycles. The fourth-order valence-electron chi connectivity index (χ4n) is 2.49. The van der Waals surface area contributed by atoms with Crippen molar-refractivity contribution in [3.63, 3.8) is 0 Å². The molecule has 19 heavy (non-hydrogen) atoms. The van der Waals surface area contributed by atoms with E-state index in [0.29, 0.717) is 12.5 Å². The van der Waals surface area contributed by atoms with Crippen molar-refractivity contribution >= 4 is 0 Å². The highest BCUT2D eigenvalue weighted by molar-refractivity contribution is 4.75. The van der Waals surface area contributed by atoms with Gasteiger partial charge in [-0.25, -0.2) is 0 Å². The van der Waals surface area contributed by atoms with E-state index in [1.807, 2.05) is 7.05 Å². The molecule has 0 aliphatic heterocycles. The summed E-state index contributed by atoms with van der Waals surface area (Å²) in [5, 5.41) is 22.7. The van der Waals surface area contributed by atoms with E-state index in [1.165, 1.54) is 0 Å². The van der Waals surface area contributed by atoms with Crippen LogP contribution >= 0.6 is 0 Å². The number of rotatable bonds is 8. The SMILES string of the molecule is CN[C@H](C)CCC[C@@H](N)[C@H](O)O[C@@H]1CCC[C@H](O)C1. The largest absolute Gasteiger partial charge is 0.393 e. The summed E-state index contributed by atoms with van der Waals surface area (Å²) >= 11 is 0. The smallest absolute Gasteiger partial charge is 0.170 e. The van der Waals surface area contributed by atoms with Crippen LogP contribution in [0.4, 0.5) is 0 Å². The van der Waals surface area contributed by atoms with Crippen LogP contribution in [0.3, 0.4) is 0 Å². The molecule has 114 valence electrons. The molecule has 5 N–H and O–H groups in total. The minimum Gasteiger partial charge on any atom is -0.393 e. The molecule has 1 rings (SSSR count). The van der Waals surface area contributed by atoms with Crippen molar-refractivity contribution in [1.82, 2.24) is 5.32 Å². The maximum atomic E-state index is 9.93.